The summed E-state index contributed by atoms with van der Waals surface area (Å²) in [4.78, 5) is 4.26. The van der Waals surface area contributed by atoms with Crippen molar-refractivity contribution in [3.8, 4) is 0 Å². The number of hydrogen-bond acceptors (Lipinski definition) is 4. The van der Waals surface area contributed by atoms with E-state index in [1.165, 1.54) is 0 Å². The van der Waals surface area contributed by atoms with E-state index in [0.29, 0.717) is 6.04 Å². The van der Waals surface area contributed by atoms with Crippen molar-refractivity contribution >= 4 is 5.95 Å². The number of aryl methyl sites for hydroxylation is 2. The first-order chi connectivity index (χ1) is 7.75. The number of nitrogens with zero attached hydrogens (tertiary/aromatic N) is 5. The molecule has 0 radical (unpaired) electrons. The van der Waals surface area contributed by atoms with Gasteiger partial charge in [-0.15, -0.1) is 5.10 Å². The second kappa shape index (κ2) is 4.78. The maximum atomic E-state index is 4.26. The first-order valence-electron chi connectivity index (χ1n) is 5.37. The van der Waals surface area contributed by atoms with Crippen molar-refractivity contribution in [2.24, 2.45) is 0 Å². The number of hydrogen-bond donors (Lipinski definition) is 1. The lowest BCUT2D eigenvalue weighted by atomic mass is 10.4. The molecule has 0 bridgehead atoms. The van der Waals surface area contributed by atoms with E-state index >= 15 is 0 Å². The SMILES string of the molecule is CC(C)Nc1nccn1CCn1ccnn1. The van der Waals surface area contributed by atoms with Crippen LogP contribution in [0.1, 0.15) is 13.8 Å². The summed E-state index contributed by atoms with van der Waals surface area (Å²) in [6.45, 7) is 5.81. The van der Waals surface area contributed by atoms with Crippen LogP contribution < -0.4 is 5.32 Å². The highest BCUT2D eigenvalue weighted by Gasteiger charge is 2.03. The molecule has 0 aromatic carbocycles. The van der Waals surface area contributed by atoms with Crippen molar-refractivity contribution in [3.05, 3.63) is 24.8 Å². The van der Waals surface area contributed by atoms with Gasteiger partial charge in [-0.3, -0.25) is 4.68 Å². The Morgan fingerprint density at radius 2 is 2.12 bits per heavy atom. The number of rotatable bonds is 5. The van der Waals surface area contributed by atoms with Crippen molar-refractivity contribution in [1.29, 1.82) is 0 Å². The summed E-state index contributed by atoms with van der Waals surface area (Å²) in [5.41, 5.74) is 0. The number of imidazole rings is 1. The fourth-order valence-electron chi connectivity index (χ4n) is 1.45. The highest BCUT2D eigenvalue weighted by atomic mass is 15.4. The second-order valence-corrected chi connectivity index (χ2v) is 3.91. The fourth-order valence-corrected chi connectivity index (χ4v) is 1.45. The molecule has 2 heterocycles. The number of aromatic nitrogens is 5. The second-order valence-electron chi connectivity index (χ2n) is 3.91. The van der Waals surface area contributed by atoms with Gasteiger partial charge < -0.3 is 9.88 Å². The molecule has 6 heteroatoms. The Morgan fingerprint density at radius 3 is 2.81 bits per heavy atom. The average molecular weight is 220 g/mol. The van der Waals surface area contributed by atoms with Crippen LogP contribution in [0.5, 0.6) is 0 Å². The molecule has 0 spiro atoms. The van der Waals surface area contributed by atoms with Gasteiger partial charge in [-0.05, 0) is 13.8 Å². The lowest BCUT2D eigenvalue weighted by molar-refractivity contribution is 0.520. The van der Waals surface area contributed by atoms with Gasteiger partial charge in [0.1, 0.15) is 0 Å². The molecule has 2 rings (SSSR count). The third-order valence-corrected chi connectivity index (χ3v) is 2.18. The minimum Gasteiger partial charge on any atom is -0.353 e. The van der Waals surface area contributed by atoms with Crippen LogP contribution in [0.2, 0.25) is 0 Å². The van der Waals surface area contributed by atoms with Crippen molar-refractivity contribution in [1.82, 2.24) is 24.5 Å². The molecule has 0 unspecified atom stereocenters. The molecule has 2 aromatic heterocycles. The molecule has 0 atom stereocenters. The Bertz CT molecular complexity index is 416. The van der Waals surface area contributed by atoms with E-state index in [4.69, 9.17) is 0 Å². The Morgan fingerprint density at radius 1 is 1.25 bits per heavy atom. The van der Waals surface area contributed by atoms with Crippen LogP contribution in [0.3, 0.4) is 0 Å². The summed E-state index contributed by atoms with van der Waals surface area (Å²) in [7, 11) is 0. The van der Waals surface area contributed by atoms with E-state index in [-0.39, 0.29) is 0 Å². The van der Waals surface area contributed by atoms with Gasteiger partial charge in [-0.2, -0.15) is 0 Å². The van der Waals surface area contributed by atoms with E-state index < -0.39 is 0 Å². The number of nitrogens with one attached hydrogen (secondary N) is 1. The van der Waals surface area contributed by atoms with Crippen LogP contribution in [0.25, 0.3) is 0 Å². The topological polar surface area (TPSA) is 60.6 Å². The molecule has 0 saturated heterocycles. The molecule has 2 aromatic rings. The highest BCUT2D eigenvalue weighted by molar-refractivity contribution is 5.26. The van der Waals surface area contributed by atoms with Gasteiger partial charge >= 0.3 is 0 Å². The molecule has 16 heavy (non-hydrogen) atoms. The molecular formula is C10H16N6. The minimum atomic E-state index is 0.382. The summed E-state index contributed by atoms with van der Waals surface area (Å²) in [5.74, 6) is 0.898. The quantitative estimate of drug-likeness (QED) is 0.816. The van der Waals surface area contributed by atoms with Gasteiger partial charge in [-0.1, -0.05) is 5.21 Å². The molecule has 0 saturated carbocycles. The molecule has 0 amide bonds. The Kier molecular flexibility index (Phi) is 3.19. The van der Waals surface area contributed by atoms with E-state index in [0.717, 1.165) is 19.0 Å². The van der Waals surface area contributed by atoms with E-state index in [1.54, 1.807) is 17.1 Å². The molecule has 0 aliphatic heterocycles. The predicted octanol–water partition coefficient (Wildman–Crippen LogP) is 0.995. The Balaban J connectivity index is 1.96. The maximum absolute atomic E-state index is 4.26. The Hall–Kier alpha value is -1.85. The number of anilines is 1. The normalized spacial score (nSPS) is 10.9. The van der Waals surface area contributed by atoms with Gasteiger partial charge in [-0.25, -0.2) is 4.98 Å². The van der Waals surface area contributed by atoms with Crippen LogP contribution in [-0.4, -0.2) is 30.6 Å². The molecule has 0 aliphatic carbocycles. The summed E-state index contributed by atoms with van der Waals surface area (Å²) in [5, 5.41) is 11.0. The van der Waals surface area contributed by atoms with Gasteiger partial charge in [0, 0.05) is 31.2 Å². The zero-order valence-electron chi connectivity index (χ0n) is 9.54. The predicted molar refractivity (Wildman–Crippen MR) is 61.0 cm³/mol. The van der Waals surface area contributed by atoms with E-state index in [9.17, 15) is 0 Å². The maximum Gasteiger partial charge on any atom is 0.203 e. The van der Waals surface area contributed by atoms with Crippen LogP contribution in [0.15, 0.2) is 24.8 Å². The smallest absolute Gasteiger partial charge is 0.203 e. The molecule has 86 valence electrons. The first kappa shape index (κ1) is 10.7. The van der Waals surface area contributed by atoms with Crippen LogP contribution in [-0.2, 0) is 13.1 Å². The molecule has 0 fully saturated rings. The third kappa shape index (κ3) is 2.59. The average Bonchev–Trinajstić information content (AvgIpc) is 2.84. The molecule has 0 aliphatic rings. The van der Waals surface area contributed by atoms with Crippen molar-refractivity contribution in [2.45, 2.75) is 33.0 Å². The lowest BCUT2D eigenvalue weighted by Crippen LogP contribution is -2.16. The van der Waals surface area contributed by atoms with Crippen LogP contribution >= 0.6 is 0 Å². The summed E-state index contributed by atoms with van der Waals surface area (Å²) in [6, 6.07) is 0.382. The summed E-state index contributed by atoms with van der Waals surface area (Å²) in [6.07, 6.45) is 7.29. The van der Waals surface area contributed by atoms with Gasteiger partial charge in [0.05, 0.1) is 12.7 Å². The van der Waals surface area contributed by atoms with Gasteiger partial charge in [0.15, 0.2) is 0 Å². The highest BCUT2D eigenvalue weighted by Crippen LogP contribution is 2.06. The standard InChI is InChI=1S/C10H16N6/c1-9(2)13-10-11-3-5-15(10)7-8-16-6-4-12-14-16/h3-6,9H,7-8H2,1-2H3,(H,11,13). The van der Waals surface area contributed by atoms with E-state index in [1.807, 2.05) is 12.4 Å². The van der Waals surface area contributed by atoms with Crippen LogP contribution in [0.4, 0.5) is 5.95 Å². The van der Waals surface area contributed by atoms with Gasteiger partial charge in [0.25, 0.3) is 0 Å². The summed E-state index contributed by atoms with van der Waals surface area (Å²) >= 11 is 0. The van der Waals surface area contributed by atoms with Crippen molar-refractivity contribution in [3.63, 3.8) is 0 Å². The third-order valence-electron chi connectivity index (χ3n) is 2.18. The largest absolute Gasteiger partial charge is 0.353 e. The molecule has 1 N–H and O–H groups in total. The lowest BCUT2D eigenvalue weighted by Gasteiger charge is -2.11. The summed E-state index contributed by atoms with van der Waals surface area (Å²) < 4.78 is 3.88. The molecule has 6 nitrogen and oxygen atoms in total. The first-order valence-corrected chi connectivity index (χ1v) is 5.37. The van der Waals surface area contributed by atoms with Crippen molar-refractivity contribution < 1.29 is 0 Å². The van der Waals surface area contributed by atoms with Gasteiger partial charge in [0.2, 0.25) is 5.95 Å². The van der Waals surface area contributed by atoms with Crippen molar-refractivity contribution in [2.75, 3.05) is 5.32 Å². The van der Waals surface area contributed by atoms with E-state index in [2.05, 4.69) is 39.0 Å². The van der Waals surface area contributed by atoms with Crippen LogP contribution in [0, 0.1) is 0 Å². The fraction of sp³-hybridized carbons (Fsp3) is 0.500. The zero-order chi connectivity index (χ0) is 11.4. The Labute approximate surface area is 94.3 Å². The molecular weight excluding hydrogens is 204 g/mol. The monoisotopic (exact) mass is 220 g/mol. The minimum absolute atomic E-state index is 0.382. The zero-order valence-corrected chi connectivity index (χ0v) is 9.54.